The summed E-state index contributed by atoms with van der Waals surface area (Å²) in [5, 5.41) is 16.7. The Kier molecular flexibility index (Phi) is 3.96. The third kappa shape index (κ3) is 3.12. The van der Waals surface area contributed by atoms with Gasteiger partial charge in [-0.25, -0.2) is 0 Å². The standard InChI is InChI=1S/C10H6Cl2NO2/c11-8-2-1-6(7(3-8)5-13)4-9(12)10(14)15/h1,3,9H,4H2,(H,14,15). The average Bonchev–Trinajstić information content (AvgIpc) is 2.20. The smallest absolute Gasteiger partial charge is 0.321 e. The van der Waals surface area contributed by atoms with Crippen LogP contribution in [0.25, 0.3) is 0 Å². The number of nitrogens with zero attached hydrogens (tertiary/aromatic N) is 1. The Morgan fingerprint density at radius 2 is 2.40 bits per heavy atom. The number of aliphatic carboxylic acids is 1. The van der Waals surface area contributed by atoms with E-state index >= 15 is 0 Å². The van der Waals surface area contributed by atoms with Gasteiger partial charge in [0.15, 0.2) is 0 Å². The van der Waals surface area contributed by atoms with E-state index < -0.39 is 11.3 Å². The summed E-state index contributed by atoms with van der Waals surface area (Å²) in [5.74, 6) is -1.12. The van der Waals surface area contributed by atoms with Crippen LogP contribution in [-0.4, -0.2) is 16.5 Å². The van der Waals surface area contributed by atoms with Crippen molar-refractivity contribution < 1.29 is 9.90 Å². The predicted octanol–water partition coefficient (Wildman–Crippen LogP) is 2.25. The maximum absolute atomic E-state index is 10.5. The summed E-state index contributed by atoms with van der Waals surface area (Å²) in [6, 6.07) is 7.52. The lowest BCUT2D eigenvalue weighted by atomic mass is 10.0. The van der Waals surface area contributed by atoms with Crippen LogP contribution in [0.1, 0.15) is 11.1 Å². The fourth-order valence-electron chi connectivity index (χ4n) is 1.05. The van der Waals surface area contributed by atoms with E-state index in [0.717, 1.165) is 0 Å². The van der Waals surface area contributed by atoms with Crippen molar-refractivity contribution in [1.82, 2.24) is 0 Å². The van der Waals surface area contributed by atoms with Gasteiger partial charge in [-0.05, 0) is 17.7 Å². The Balaban J connectivity index is 2.96. The van der Waals surface area contributed by atoms with Gasteiger partial charge in [-0.2, -0.15) is 5.26 Å². The van der Waals surface area contributed by atoms with Crippen LogP contribution in [0.3, 0.4) is 0 Å². The largest absolute Gasteiger partial charge is 0.480 e. The highest BCUT2D eigenvalue weighted by Gasteiger charge is 2.16. The molecule has 1 N–H and O–H groups in total. The van der Waals surface area contributed by atoms with Crippen LogP contribution in [0.4, 0.5) is 0 Å². The second kappa shape index (κ2) is 5.01. The summed E-state index contributed by atoms with van der Waals surface area (Å²) >= 11 is 11.2. The molecule has 1 rings (SSSR count). The molecule has 77 valence electrons. The van der Waals surface area contributed by atoms with Crippen LogP contribution in [0.5, 0.6) is 0 Å². The normalized spacial score (nSPS) is 11.8. The van der Waals surface area contributed by atoms with Gasteiger partial charge in [-0.15, -0.1) is 11.6 Å². The van der Waals surface area contributed by atoms with Gasteiger partial charge in [0.25, 0.3) is 0 Å². The van der Waals surface area contributed by atoms with Gasteiger partial charge in [-0.3, -0.25) is 4.79 Å². The molecule has 0 bridgehead atoms. The average molecular weight is 243 g/mol. The predicted molar refractivity (Wildman–Crippen MR) is 56.0 cm³/mol. The zero-order valence-corrected chi connectivity index (χ0v) is 9.01. The van der Waals surface area contributed by atoms with E-state index in [1.807, 2.05) is 6.07 Å². The van der Waals surface area contributed by atoms with Crippen molar-refractivity contribution in [2.45, 2.75) is 11.8 Å². The van der Waals surface area contributed by atoms with Crippen molar-refractivity contribution in [3.05, 3.63) is 34.3 Å². The minimum atomic E-state index is -1.12. The number of carboxylic acids is 1. The van der Waals surface area contributed by atoms with E-state index in [2.05, 4.69) is 6.07 Å². The van der Waals surface area contributed by atoms with Gasteiger partial charge in [0, 0.05) is 17.5 Å². The van der Waals surface area contributed by atoms with Gasteiger partial charge in [0.1, 0.15) is 5.38 Å². The number of carboxylic acid groups (broad SMARTS) is 1. The van der Waals surface area contributed by atoms with Crippen molar-refractivity contribution >= 4 is 29.2 Å². The summed E-state index contributed by atoms with van der Waals surface area (Å²) in [6.45, 7) is 0. The van der Waals surface area contributed by atoms with Crippen LogP contribution < -0.4 is 0 Å². The van der Waals surface area contributed by atoms with E-state index in [1.54, 1.807) is 0 Å². The number of halogens is 2. The molecule has 0 aliphatic carbocycles. The van der Waals surface area contributed by atoms with Crippen molar-refractivity contribution in [3.63, 3.8) is 0 Å². The van der Waals surface area contributed by atoms with E-state index in [9.17, 15) is 4.79 Å². The zero-order valence-electron chi connectivity index (χ0n) is 7.50. The third-order valence-electron chi connectivity index (χ3n) is 1.79. The van der Waals surface area contributed by atoms with Gasteiger partial charge in [0.2, 0.25) is 0 Å². The molecule has 0 spiro atoms. The van der Waals surface area contributed by atoms with Crippen molar-refractivity contribution in [2.24, 2.45) is 0 Å². The minimum absolute atomic E-state index is 0.0768. The molecular weight excluding hydrogens is 237 g/mol. The van der Waals surface area contributed by atoms with Crippen LogP contribution in [-0.2, 0) is 11.2 Å². The number of carbonyl (C=O) groups is 1. The molecule has 0 amide bonds. The summed E-state index contributed by atoms with van der Waals surface area (Å²) in [6.07, 6.45) is 0.0768. The topological polar surface area (TPSA) is 61.1 Å². The fraction of sp³-hybridized carbons (Fsp3) is 0.200. The third-order valence-corrected chi connectivity index (χ3v) is 2.35. The highest BCUT2D eigenvalue weighted by Crippen LogP contribution is 2.17. The summed E-state index contributed by atoms with van der Waals surface area (Å²) in [4.78, 5) is 10.5. The summed E-state index contributed by atoms with van der Waals surface area (Å²) < 4.78 is 0. The lowest BCUT2D eigenvalue weighted by Gasteiger charge is -2.06. The Labute approximate surface area is 96.8 Å². The van der Waals surface area contributed by atoms with Gasteiger partial charge in [-0.1, -0.05) is 11.6 Å². The molecule has 0 aromatic heterocycles. The highest BCUT2D eigenvalue weighted by atomic mass is 35.5. The number of alkyl halides is 1. The Morgan fingerprint density at radius 1 is 1.73 bits per heavy atom. The Bertz CT molecular complexity index is 426. The van der Waals surface area contributed by atoms with Crippen LogP contribution >= 0.6 is 23.2 Å². The van der Waals surface area contributed by atoms with E-state index in [0.29, 0.717) is 16.1 Å². The number of nitriles is 1. The molecule has 1 radical (unpaired) electrons. The van der Waals surface area contributed by atoms with Crippen molar-refractivity contribution in [2.75, 3.05) is 0 Å². The molecule has 0 aliphatic rings. The maximum Gasteiger partial charge on any atom is 0.321 e. The first-order chi connectivity index (χ1) is 7.04. The van der Waals surface area contributed by atoms with E-state index in [1.165, 1.54) is 12.1 Å². The first-order valence-electron chi connectivity index (χ1n) is 4.01. The van der Waals surface area contributed by atoms with Gasteiger partial charge in [0.05, 0.1) is 11.6 Å². The quantitative estimate of drug-likeness (QED) is 0.828. The maximum atomic E-state index is 10.5. The van der Waals surface area contributed by atoms with Gasteiger partial charge < -0.3 is 5.11 Å². The van der Waals surface area contributed by atoms with Gasteiger partial charge >= 0.3 is 5.97 Å². The molecule has 1 aromatic rings. The molecule has 1 aromatic carbocycles. The fourth-order valence-corrected chi connectivity index (χ4v) is 1.38. The highest BCUT2D eigenvalue weighted by molar-refractivity contribution is 6.30. The molecular formula is C10H6Cl2NO2. The molecule has 0 saturated heterocycles. The molecule has 0 saturated carbocycles. The SMILES string of the molecule is N#Cc1cc(Cl)[c]cc1CC(Cl)C(=O)O. The second-order valence-electron chi connectivity index (χ2n) is 2.84. The lowest BCUT2D eigenvalue weighted by Crippen LogP contribution is -2.16. The number of benzene rings is 1. The molecule has 5 heteroatoms. The lowest BCUT2D eigenvalue weighted by molar-refractivity contribution is -0.136. The minimum Gasteiger partial charge on any atom is -0.480 e. The van der Waals surface area contributed by atoms with Crippen LogP contribution in [0.15, 0.2) is 12.1 Å². The van der Waals surface area contributed by atoms with Crippen molar-refractivity contribution in [3.8, 4) is 6.07 Å². The molecule has 0 aliphatic heterocycles. The van der Waals surface area contributed by atoms with E-state index in [-0.39, 0.29) is 6.42 Å². The van der Waals surface area contributed by atoms with E-state index in [4.69, 9.17) is 33.6 Å². The van der Waals surface area contributed by atoms with Crippen LogP contribution in [0, 0.1) is 17.4 Å². The molecule has 3 nitrogen and oxygen atoms in total. The summed E-state index contributed by atoms with van der Waals surface area (Å²) in [5.41, 5.74) is 0.856. The Hall–Kier alpha value is -1.24. The Morgan fingerprint density at radius 3 is 2.93 bits per heavy atom. The first-order valence-corrected chi connectivity index (χ1v) is 4.83. The zero-order chi connectivity index (χ0) is 11.4. The summed E-state index contributed by atoms with van der Waals surface area (Å²) in [7, 11) is 0. The molecule has 0 fully saturated rings. The number of hydrogen-bond acceptors (Lipinski definition) is 2. The number of hydrogen-bond donors (Lipinski definition) is 1. The monoisotopic (exact) mass is 242 g/mol. The molecule has 15 heavy (non-hydrogen) atoms. The van der Waals surface area contributed by atoms with Crippen LogP contribution in [0.2, 0.25) is 5.02 Å². The van der Waals surface area contributed by atoms with Crippen molar-refractivity contribution in [1.29, 1.82) is 5.26 Å². The molecule has 1 atom stereocenters. The molecule has 1 unspecified atom stereocenters. The second-order valence-corrected chi connectivity index (χ2v) is 3.78. The first kappa shape index (κ1) is 11.8. The number of rotatable bonds is 3. The molecule has 0 heterocycles.